The SMILES string of the molecule is COc1cc2ncn(CCCC(=O)NC(C)c3ccc(F)c(F)c3)c(=O)c2cc1OC. The van der Waals surface area contributed by atoms with Gasteiger partial charge < -0.3 is 14.8 Å². The lowest BCUT2D eigenvalue weighted by molar-refractivity contribution is -0.121. The summed E-state index contributed by atoms with van der Waals surface area (Å²) in [6.45, 7) is 1.98. The Kier molecular flexibility index (Phi) is 6.84. The van der Waals surface area contributed by atoms with Gasteiger partial charge >= 0.3 is 0 Å². The van der Waals surface area contributed by atoms with Gasteiger partial charge in [0, 0.05) is 19.0 Å². The summed E-state index contributed by atoms with van der Waals surface area (Å²) in [7, 11) is 2.99. The van der Waals surface area contributed by atoms with Crippen molar-refractivity contribution in [2.45, 2.75) is 32.4 Å². The number of carbonyl (C=O) groups is 1. The number of hydrogen-bond acceptors (Lipinski definition) is 5. The first-order chi connectivity index (χ1) is 14.8. The third kappa shape index (κ3) is 4.99. The van der Waals surface area contributed by atoms with Crippen LogP contribution in [-0.2, 0) is 11.3 Å². The van der Waals surface area contributed by atoms with Gasteiger partial charge in [-0.05, 0) is 37.1 Å². The molecule has 1 heterocycles. The van der Waals surface area contributed by atoms with Crippen molar-refractivity contribution in [3.63, 3.8) is 0 Å². The van der Waals surface area contributed by atoms with Gasteiger partial charge in [-0.15, -0.1) is 0 Å². The van der Waals surface area contributed by atoms with Crippen LogP contribution in [0.2, 0.25) is 0 Å². The number of methoxy groups -OCH3 is 2. The second kappa shape index (κ2) is 9.55. The Labute approximate surface area is 177 Å². The zero-order chi connectivity index (χ0) is 22.5. The molecule has 0 bridgehead atoms. The molecule has 1 atom stereocenters. The van der Waals surface area contributed by atoms with E-state index in [1.165, 1.54) is 31.2 Å². The van der Waals surface area contributed by atoms with Crippen LogP contribution in [0.3, 0.4) is 0 Å². The Balaban J connectivity index is 1.63. The fourth-order valence-electron chi connectivity index (χ4n) is 3.23. The minimum Gasteiger partial charge on any atom is -0.493 e. The number of carbonyl (C=O) groups excluding carboxylic acids is 1. The fourth-order valence-corrected chi connectivity index (χ4v) is 3.23. The van der Waals surface area contributed by atoms with E-state index in [4.69, 9.17) is 9.47 Å². The minimum absolute atomic E-state index is 0.157. The van der Waals surface area contributed by atoms with Gasteiger partial charge in [-0.25, -0.2) is 13.8 Å². The van der Waals surface area contributed by atoms with Crippen molar-refractivity contribution in [2.24, 2.45) is 0 Å². The Morgan fingerprint density at radius 1 is 1.13 bits per heavy atom. The summed E-state index contributed by atoms with van der Waals surface area (Å²) in [5.41, 5.74) is 0.699. The van der Waals surface area contributed by atoms with Crippen LogP contribution in [0.4, 0.5) is 8.78 Å². The van der Waals surface area contributed by atoms with E-state index in [-0.39, 0.29) is 17.9 Å². The molecule has 9 heteroatoms. The van der Waals surface area contributed by atoms with E-state index in [1.54, 1.807) is 19.1 Å². The highest BCUT2D eigenvalue weighted by Crippen LogP contribution is 2.29. The van der Waals surface area contributed by atoms with Gasteiger partial charge in [-0.2, -0.15) is 0 Å². The van der Waals surface area contributed by atoms with E-state index in [1.807, 2.05) is 0 Å². The molecule has 164 valence electrons. The number of halogens is 2. The summed E-state index contributed by atoms with van der Waals surface area (Å²) in [5, 5.41) is 3.13. The lowest BCUT2D eigenvalue weighted by Crippen LogP contribution is -2.27. The van der Waals surface area contributed by atoms with Crippen LogP contribution in [0, 0.1) is 11.6 Å². The molecule has 1 N–H and O–H groups in total. The lowest BCUT2D eigenvalue weighted by atomic mass is 10.1. The number of fused-ring (bicyclic) bond motifs is 1. The van der Waals surface area contributed by atoms with Gasteiger partial charge in [0.15, 0.2) is 23.1 Å². The number of aryl methyl sites for hydroxylation is 1. The third-order valence-corrected chi connectivity index (χ3v) is 4.95. The molecule has 3 aromatic rings. The van der Waals surface area contributed by atoms with E-state index in [0.717, 1.165) is 12.1 Å². The van der Waals surface area contributed by atoms with Gasteiger partial charge in [-0.1, -0.05) is 6.07 Å². The summed E-state index contributed by atoms with van der Waals surface area (Å²) in [6.07, 6.45) is 1.99. The molecule has 1 aromatic heterocycles. The number of ether oxygens (including phenoxy) is 2. The van der Waals surface area contributed by atoms with Crippen molar-refractivity contribution < 1.29 is 23.0 Å². The van der Waals surface area contributed by atoms with Gasteiger partial charge in [0.25, 0.3) is 5.56 Å². The molecule has 0 fully saturated rings. The van der Waals surface area contributed by atoms with Crippen LogP contribution in [0.15, 0.2) is 41.5 Å². The molecule has 0 saturated heterocycles. The number of nitrogens with one attached hydrogen (secondary N) is 1. The van der Waals surface area contributed by atoms with Crippen LogP contribution in [0.1, 0.15) is 31.4 Å². The molecule has 0 radical (unpaired) electrons. The number of rotatable bonds is 8. The summed E-state index contributed by atoms with van der Waals surface area (Å²) in [5.74, 6) is -1.25. The smallest absolute Gasteiger partial charge is 0.261 e. The number of hydrogen-bond donors (Lipinski definition) is 1. The predicted octanol–water partition coefficient (Wildman–Crippen LogP) is 3.35. The van der Waals surface area contributed by atoms with Crippen LogP contribution in [0.5, 0.6) is 11.5 Å². The zero-order valence-electron chi connectivity index (χ0n) is 17.4. The number of benzene rings is 2. The van der Waals surface area contributed by atoms with Crippen LogP contribution in [-0.4, -0.2) is 29.7 Å². The molecule has 0 spiro atoms. The maximum Gasteiger partial charge on any atom is 0.261 e. The van der Waals surface area contributed by atoms with Crippen molar-refractivity contribution in [3.8, 4) is 11.5 Å². The van der Waals surface area contributed by atoms with Crippen molar-refractivity contribution in [3.05, 3.63) is 64.2 Å². The molecule has 0 aliphatic heterocycles. The number of aromatic nitrogens is 2. The van der Waals surface area contributed by atoms with Crippen molar-refractivity contribution in [1.82, 2.24) is 14.9 Å². The molecule has 7 nitrogen and oxygen atoms in total. The fraction of sp³-hybridized carbons (Fsp3) is 0.318. The second-order valence-electron chi connectivity index (χ2n) is 7.03. The Morgan fingerprint density at radius 2 is 1.84 bits per heavy atom. The normalized spacial score (nSPS) is 11.9. The molecule has 0 aliphatic rings. The van der Waals surface area contributed by atoms with E-state index in [2.05, 4.69) is 10.3 Å². The maximum absolute atomic E-state index is 13.4. The first kappa shape index (κ1) is 22.2. The van der Waals surface area contributed by atoms with Gasteiger partial charge in [-0.3, -0.25) is 14.2 Å². The third-order valence-electron chi connectivity index (χ3n) is 4.95. The standard InChI is InChI=1S/C22H23F2N3O4/c1-13(14-6-7-16(23)17(24)9-14)26-21(28)5-4-8-27-12-25-18-11-20(31-3)19(30-2)10-15(18)22(27)29/h6-7,9-13H,4-5,8H2,1-3H3,(H,26,28). The quantitative estimate of drug-likeness (QED) is 0.592. The summed E-state index contributed by atoms with van der Waals surface area (Å²) in [6, 6.07) is 6.24. The molecule has 1 amide bonds. The Bertz CT molecular complexity index is 1160. The van der Waals surface area contributed by atoms with Crippen molar-refractivity contribution >= 4 is 16.8 Å². The highest BCUT2D eigenvalue weighted by atomic mass is 19.2. The van der Waals surface area contributed by atoms with Crippen LogP contribution >= 0.6 is 0 Å². The average molecular weight is 431 g/mol. The first-order valence-corrected chi connectivity index (χ1v) is 9.69. The molecule has 0 aliphatic carbocycles. The summed E-state index contributed by atoms with van der Waals surface area (Å²) < 4.78 is 38.3. The van der Waals surface area contributed by atoms with Gasteiger partial charge in [0.1, 0.15) is 0 Å². The van der Waals surface area contributed by atoms with Gasteiger partial charge in [0.05, 0.1) is 37.5 Å². The average Bonchev–Trinajstić information content (AvgIpc) is 2.76. The van der Waals surface area contributed by atoms with E-state index < -0.39 is 17.7 Å². The molecule has 31 heavy (non-hydrogen) atoms. The predicted molar refractivity (Wildman–Crippen MR) is 111 cm³/mol. The Morgan fingerprint density at radius 3 is 2.52 bits per heavy atom. The second-order valence-corrected chi connectivity index (χ2v) is 7.03. The molecular formula is C22H23F2N3O4. The van der Waals surface area contributed by atoms with Crippen molar-refractivity contribution in [1.29, 1.82) is 0 Å². The van der Waals surface area contributed by atoms with E-state index in [0.29, 0.717) is 40.9 Å². The molecular weight excluding hydrogens is 408 g/mol. The number of amides is 1. The monoisotopic (exact) mass is 431 g/mol. The molecule has 1 unspecified atom stereocenters. The largest absolute Gasteiger partial charge is 0.493 e. The highest BCUT2D eigenvalue weighted by Gasteiger charge is 2.13. The molecule has 0 saturated carbocycles. The number of nitrogens with zero attached hydrogens (tertiary/aromatic N) is 2. The zero-order valence-corrected chi connectivity index (χ0v) is 17.4. The van der Waals surface area contributed by atoms with Crippen LogP contribution < -0.4 is 20.3 Å². The molecule has 2 aromatic carbocycles. The van der Waals surface area contributed by atoms with E-state index >= 15 is 0 Å². The van der Waals surface area contributed by atoms with E-state index in [9.17, 15) is 18.4 Å². The van der Waals surface area contributed by atoms with Crippen LogP contribution in [0.25, 0.3) is 10.9 Å². The first-order valence-electron chi connectivity index (χ1n) is 9.69. The molecule has 3 rings (SSSR count). The maximum atomic E-state index is 13.4. The summed E-state index contributed by atoms with van der Waals surface area (Å²) >= 11 is 0. The Hall–Kier alpha value is -3.49. The van der Waals surface area contributed by atoms with Gasteiger partial charge in [0.2, 0.25) is 5.91 Å². The van der Waals surface area contributed by atoms with Crippen molar-refractivity contribution in [2.75, 3.05) is 14.2 Å². The highest BCUT2D eigenvalue weighted by molar-refractivity contribution is 5.81. The minimum atomic E-state index is -0.962. The topological polar surface area (TPSA) is 82.5 Å². The summed E-state index contributed by atoms with van der Waals surface area (Å²) in [4.78, 5) is 29.2. The lowest BCUT2D eigenvalue weighted by Gasteiger charge is -2.15.